The van der Waals surface area contributed by atoms with Crippen LogP contribution in [0.2, 0.25) is 0 Å². The number of nitrogen functional groups attached to an aromatic ring is 1. The van der Waals surface area contributed by atoms with E-state index in [9.17, 15) is 18.0 Å². The molecule has 0 bridgehead atoms. The highest BCUT2D eigenvalue weighted by Crippen LogP contribution is 2.22. The smallest absolute Gasteiger partial charge is 0.397 e. The van der Waals surface area contributed by atoms with Crippen LogP contribution in [0.1, 0.15) is 10.4 Å². The average Bonchev–Trinajstić information content (AvgIpc) is 2.26. The molecule has 4 nitrogen and oxygen atoms in total. The van der Waals surface area contributed by atoms with Crippen LogP contribution in [-0.4, -0.2) is 25.7 Å². The van der Waals surface area contributed by atoms with E-state index in [1.807, 2.05) is 0 Å². The fraction of sp³-hybridized carbons (Fsp3) is 0.300. The Morgan fingerprint density at radius 2 is 2.06 bits per heavy atom. The zero-order valence-corrected chi connectivity index (χ0v) is 9.06. The van der Waals surface area contributed by atoms with E-state index in [0.29, 0.717) is 0 Å². The molecule has 4 N–H and O–H groups in total. The van der Waals surface area contributed by atoms with Gasteiger partial charge in [-0.15, -0.1) is 0 Å². The van der Waals surface area contributed by atoms with Gasteiger partial charge in [-0.3, -0.25) is 4.79 Å². The fourth-order valence-electron chi connectivity index (χ4n) is 1.19. The SMILES string of the molecule is CNC(=O)c1ccc(N)c(NCC(F)(F)F)c1. The standard InChI is InChI=1S/C10H12F3N3O/c1-15-9(17)6-2-3-7(14)8(4-6)16-5-10(11,12)13/h2-4,16H,5,14H2,1H3,(H,15,17). The lowest BCUT2D eigenvalue weighted by molar-refractivity contribution is -0.115. The molecule has 7 heteroatoms. The molecule has 0 unspecified atom stereocenters. The van der Waals surface area contributed by atoms with Gasteiger partial charge in [-0.05, 0) is 18.2 Å². The fourth-order valence-corrected chi connectivity index (χ4v) is 1.19. The van der Waals surface area contributed by atoms with E-state index in [4.69, 9.17) is 5.73 Å². The Hall–Kier alpha value is -1.92. The minimum absolute atomic E-state index is 0.0865. The summed E-state index contributed by atoms with van der Waals surface area (Å²) in [6.45, 7) is -1.20. The third kappa shape index (κ3) is 3.86. The van der Waals surface area contributed by atoms with Crippen molar-refractivity contribution in [3.8, 4) is 0 Å². The average molecular weight is 247 g/mol. The van der Waals surface area contributed by atoms with E-state index in [2.05, 4.69) is 10.6 Å². The predicted molar refractivity (Wildman–Crippen MR) is 58.8 cm³/mol. The number of hydrogen-bond donors (Lipinski definition) is 3. The summed E-state index contributed by atoms with van der Waals surface area (Å²) in [4.78, 5) is 11.3. The van der Waals surface area contributed by atoms with Crippen LogP contribution in [-0.2, 0) is 0 Å². The first kappa shape index (κ1) is 13.1. The predicted octanol–water partition coefficient (Wildman–Crippen LogP) is 1.60. The zero-order chi connectivity index (χ0) is 13.1. The summed E-state index contributed by atoms with van der Waals surface area (Å²) in [6, 6.07) is 4.09. The Morgan fingerprint density at radius 1 is 1.41 bits per heavy atom. The van der Waals surface area contributed by atoms with Crippen molar-refractivity contribution < 1.29 is 18.0 Å². The van der Waals surface area contributed by atoms with Crippen LogP contribution < -0.4 is 16.4 Å². The summed E-state index contributed by atoms with van der Waals surface area (Å²) < 4.78 is 36.0. The minimum atomic E-state index is -4.34. The summed E-state index contributed by atoms with van der Waals surface area (Å²) >= 11 is 0. The maximum Gasteiger partial charge on any atom is 0.405 e. The Kier molecular flexibility index (Phi) is 3.82. The van der Waals surface area contributed by atoms with Crippen molar-refractivity contribution in [3.63, 3.8) is 0 Å². The minimum Gasteiger partial charge on any atom is -0.397 e. The van der Waals surface area contributed by atoms with Crippen LogP contribution in [0.25, 0.3) is 0 Å². The summed E-state index contributed by atoms with van der Waals surface area (Å²) in [7, 11) is 1.43. The van der Waals surface area contributed by atoms with Crippen molar-refractivity contribution in [3.05, 3.63) is 23.8 Å². The molecular formula is C10H12F3N3O. The summed E-state index contributed by atoms with van der Waals surface area (Å²) in [5.41, 5.74) is 5.98. The van der Waals surface area contributed by atoms with E-state index in [1.165, 1.54) is 25.2 Å². The van der Waals surface area contributed by atoms with Gasteiger partial charge in [0.15, 0.2) is 0 Å². The van der Waals surface area contributed by atoms with Gasteiger partial charge in [-0.25, -0.2) is 0 Å². The Morgan fingerprint density at radius 3 is 2.59 bits per heavy atom. The number of amides is 1. The molecule has 0 atom stereocenters. The number of halogens is 3. The van der Waals surface area contributed by atoms with E-state index in [1.54, 1.807) is 0 Å². The van der Waals surface area contributed by atoms with Crippen molar-refractivity contribution in [2.24, 2.45) is 0 Å². The van der Waals surface area contributed by atoms with Crippen molar-refractivity contribution in [2.45, 2.75) is 6.18 Å². The second kappa shape index (κ2) is 4.94. The van der Waals surface area contributed by atoms with Gasteiger partial charge < -0.3 is 16.4 Å². The van der Waals surface area contributed by atoms with Crippen LogP contribution in [0.15, 0.2) is 18.2 Å². The molecule has 1 aromatic rings. The molecule has 0 aliphatic rings. The number of nitrogens with two attached hydrogens (primary N) is 1. The number of alkyl halides is 3. The third-order valence-electron chi connectivity index (χ3n) is 2.02. The van der Waals surface area contributed by atoms with E-state index < -0.39 is 12.7 Å². The van der Waals surface area contributed by atoms with Crippen molar-refractivity contribution in [1.29, 1.82) is 0 Å². The normalized spacial score (nSPS) is 11.1. The maximum atomic E-state index is 12.0. The number of carbonyl (C=O) groups is 1. The number of nitrogens with one attached hydrogen (secondary N) is 2. The molecule has 1 rings (SSSR count). The highest BCUT2D eigenvalue weighted by atomic mass is 19.4. The first-order valence-corrected chi connectivity index (χ1v) is 4.75. The summed E-state index contributed by atoms with van der Waals surface area (Å²) in [6.07, 6.45) is -4.34. The van der Waals surface area contributed by atoms with Crippen molar-refractivity contribution >= 4 is 17.3 Å². The van der Waals surface area contributed by atoms with Crippen LogP contribution in [0.3, 0.4) is 0 Å². The van der Waals surface area contributed by atoms with Crippen molar-refractivity contribution in [2.75, 3.05) is 24.6 Å². The lowest BCUT2D eigenvalue weighted by Gasteiger charge is -2.12. The molecule has 0 aliphatic heterocycles. The topological polar surface area (TPSA) is 67.2 Å². The molecule has 0 spiro atoms. The molecule has 94 valence electrons. The van der Waals surface area contributed by atoms with Gasteiger partial charge in [0.1, 0.15) is 6.54 Å². The molecule has 1 amide bonds. The Balaban J connectivity index is 2.87. The number of anilines is 2. The molecule has 17 heavy (non-hydrogen) atoms. The first-order chi connectivity index (χ1) is 7.83. The van der Waals surface area contributed by atoms with Crippen LogP contribution >= 0.6 is 0 Å². The van der Waals surface area contributed by atoms with E-state index in [-0.39, 0.29) is 22.8 Å². The highest BCUT2D eigenvalue weighted by Gasteiger charge is 2.26. The number of benzene rings is 1. The van der Waals surface area contributed by atoms with Gasteiger partial charge in [0, 0.05) is 12.6 Å². The van der Waals surface area contributed by atoms with Gasteiger partial charge >= 0.3 is 6.18 Å². The summed E-state index contributed by atoms with van der Waals surface area (Å²) in [5.74, 6) is -0.389. The number of hydrogen-bond acceptors (Lipinski definition) is 3. The third-order valence-corrected chi connectivity index (χ3v) is 2.02. The first-order valence-electron chi connectivity index (χ1n) is 4.75. The zero-order valence-electron chi connectivity index (χ0n) is 9.06. The van der Waals surface area contributed by atoms with E-state index >= 15 is 0 Å². The molecule has 0 saturated carbocycles. The maximum absolute atomic E-state index is 12.0. The van der Waals surface area contributed by atoms with Crippen molar-refractivity contribution in [1.82, 2.24) is 5.32 Å². The molecule has 0 saturated heterocycles. The van der Waals surface area contributed by atoms with E-state index in [0.717, 1.165) is 0 Å². The quantitative estimate of drug-likeness (QED) is 0.711. The van der Waals surface area contributed by atoms with Gasteiger partial charge in [0.25, 0.3) is 5.91 Å². The molecule has 0 aromatic heterocycles. The summed E-state index contributed by atoms with van der Waals surface area (Å²) in [5, 5.41) is 4.51. The molecule has 0 fully saturated rings. The van der Waals surface area contributed by atoms with Crippen LogP contribution in [0.5, 0.6) is 0 Å². The monoisotopic (exact) mass is 247 g/mol. The molecule has 0 heterocycles. The number of carbonyl (C=O) groups excluding carboxylic acids is 1. The van der Waals surface area contributed by atoms with Crippen LogP contribution in [0.4, 0.5) is 24.5 Å². The van der Waals surface area contributed by atoms with Gasteiger partial charge in [0.2, 0.25) is 0 Å². The lowest BCUT2D eigenvalue weighted by atomic mass is 10.1. The van der Waals surface area contributed by atoms with Gasteiger partial charge in [-0.1, -0.05) is 0 Å². The van der Waals surface area contributed by atoms with Gasteiger partial charge in [0.05, 0.1) is 11.4 Å². The molecule has 0 radical (unpaired) electrons. The second-order valence-electron chi connectivity index (χ2n) is 3.35. The molecule has 1 aromatic carbocycles. The molecular weight excluding hydrogens is 235 g/mol. The highest BCUT2D eigenvalue weighted by molar-refractivity contribution is 5.96. The lowest BCUT2D eigenvalue weighted by Crippen LogP contribution is -2.22. The number of rotatable bonds is 3. The Bertz CT molecular complexity index is 418. The van der Waals surface area contributed by atoms with Crippen LogP contribution in [0, 0.1) is 0 Å². The molecule has 0 aliphatic carbocycles. The largest absolute Gasteiger partial charge is 0.405 e. The Labute approximate surface area is 96.0 Å². The van der Waals surface area contributed by atoms with Gasteiger partial charge in [-0.2, -0.15) is 13.2 Å². The second-order valence-corrected chi connectivity index (χ2v) is 3.35.